The van der Waals surface area contributed by atoms with Crippen molar-refractivity contribution in [2.24, 2.45) is 0 Å². The fourth-order valence-electron chi connectivity index (χ4n) is 3.87. The van der Waals surface area contributed by atoms with Gasteiger partial charge in [0.2, 0.25) is 5.56 Å². The first kappa shape index (κ1) is 19.1. The highest BCUT2D eigenvalue weighted by molar-refractivity contribution is 6.03. The Labute approximate surface area is 158 Å². The van der Waals surface area contributed by atoms with E-state index in [-0.39, 0.29) is 23.1 Å². The van der Waals surface area contributed by atoms with Crippen LogP contribution >= 0.6 is 0 Å². The molecule has 3 rings (SSSR count). The molecule has 144 valence electrons. The molecular formula is C21H26N2O4. The second kappa shape index (κ2) is 8.37. The number of para-hydroxylation sites is 1. The third kappa shape index (κ3) is 4.21. The van der Waals surface area contributed by atoms with E-state index in [1.54, 1.807) is 31.2 Å². The Morgan fingerprint density at radius 1 is 1.22 bits per heavy atom. The SMILES string of the molecule is CCN(C(=O)[C@H](C)OC(=O)c1cc(=O)[nH]c2ccccc12)C1CCCCC1. The molecule has 1 atom stereocenters. The number of aromatic amines is 1. The lowest BCUT2D eigenvalue weighted by Gasteiger charge is -2.35. The Hall–Kier alpha value is -2.63. The first-order valence-corrected chi connectivity index (χ1v) is 9.64. The van der Waals surface area contributed by atoms with Gasteiger partial charge in [-0.25, -0.2) is 4.79 Å². The molecule has 0 unspecified atom stereocenters. The Kier molecular flexibility index (Phi) is 5.94. The molecule has 0 radical (unpaired) electrons. The number of esters is 1. The molecule has 2 aromatic rings. The number of likely N-dealkylation sites (N-methyl/N-ethyl adjacent to an activating group) is 1. The summed E-state index contributed by atoms with van der Waals surface area (Å²) >= 11 is 0. The van der Waals surface area contributed by atoms with E-state index in [1.165, 1.54) is 12.5 Å². The van der Waals surface area contributed by atoms with Crippen molar-refractivity contribution in [3.8, 4) is 0 Å². The second-order valence-corrected chi connectivity index (χ2v) is 7.06. The van der Waals surface area contributed by atoms with Crippen LogP contribution in [0.25, 0.3) is 10.9 Å². The highest BCUT2D eigenvalue weighted by atomic mass is 16.5. The molecular weight excluding hydrogens is 344 g/mol. The van der Waals surface area contributed by atoms with Crippen molar-refractivity contribution in [3.05, 3.63) is 46.2 Å². The topological polar surface area (TPSA) is 79.5 Å². The smallest absolute Gasteiger partial charge is 0.339 e. The molecule has 1 heterocycles. The number of ether oxygens (including phenoxy) is 1. The van der Waals surface area contributed by atoms with Crippen molar-refractivity contribution in [2.45, 2.75) is 58.1 Å². The van der Waals surface area contributed by atoms with Crippen LogP contribution in [0.1, 0.15) is 56.3 Å². The standard InChI is InChI=1S/C21H26N2O4/c1-3-23(15-9-5-4-6-10-15)20(25)14(2)27-21(26)17-13-19(24)22-18-12-8-7-11-16(17)18/h7-8,11-15H,3-6,9-10H2,1-2H3,(H,22,24)/t14-/m0/s1. The predicted molar refractivity (Wildman–Crippen MR) is 104 cm³/mol. The number of benzene rings is 1. The van der Waals surface area contributed by atoms with Crippen LogP contribution in [0, 0.1) is 0 Å². The van der Waals surface area contributed by atoms with Gasteiger partial charge in [-0.2, -0.15) is 0 Å². The van der Waals surface area contributed by atoms with Crippen molar-refractivity contribution in [1.82, 2.24) is 9.88 Å². The number of carbonyl (C=O) groups excluding carboxylic acids is 2. The van der Waals surface area contributed by atoms with Crippen LogP contribution < -0.4 is 5.56 Å². The quantitative estimate of drug-likeness (QED) is 0.820. The van der Waals surface area contributed by atoms with Gasteiger partial charge in [-0.3, -0.25) is 9.59 Å². The summed E-state index contributed by atoms with van der Waals surface area (Å²) in [5.41, 5.74) is 0.361. The summed E-state index contributed by atoms with van der Waals surface area (Å²) in [6, 6.07) is 8.48. The van der Waals surface area contributed by atoms with Crippen molar-refractivity contribution >= 4 is 22.8 Å². The summed E-state index contributed by atoms with van der Waals surface area (Å²) in [6.45, 7) is 4.14. The molecule has 0 spiro atoms. The predicted octanol–water partition coefficient (Wildman–Crippen LogP) is 3.25. The largest absolute Gasteiger partial charge is 0.449 e. The summed E-state index contributed by atoms with van der Waals surface area (Å²) in [6.07, 6.45) is 4.57. The molecule has 27 heavy (non-hydrogen) atoms. The van der Waals surface area contributed by atoms with Gasteiger partial charge in [-0.15, -0.1) is 0 Å². The van der Waals surface area contributed by atoms with E-state index < -0.39 is 12.1 Å². The number of carbonyl (C=O) groups is 2. The number of fused-ring (bicyclic) bond motifs is 1. The molecule has 0 bridgehead atoms. The van der Waals surface area contributed by atoms with Gasteiger partial charge in [0.25, 0.3) is 5.91 Å². The zero-order chi connectivity index (χ0) is 19.4. The zero-order valence-electron chi connectivity index (χ0n) is 15.9. The summed E-state index contributed by atoms with van der Waals surface area (Å²) in [5, 5.41) is 0.598. The average molecular weight is 370 g/mol. The molecule has 1 aliphatic carbocycles. The number of rotatable bonds is 5. The maximum absolute atomic E-state index is 12.9. The number of amides is 1. The molecule has 0 saturated heterocycles. The van der Waals surface area contributed by atoms with E-state index in [0.717, 1.165) is 25.7 Å². The fraction of sp³-hybridized carbons (Fsp3) is 0.476. The Morgan fingerprint density at radius 2 is 1.93 bits per heavy atom. The lowest BCUT2D eigenvalue weighted by molar-refractivity contribution is -0.142. The molecule has 1 aliphatic rings. The van der Waals surface area contributed by atoms with E-state index in [9.17, 15) is 14.4 Å². The van der Waals surface area contributed by atoms with Crippen LogP contribution in [0.5, 0.6) is 0 Å². The van der Waals surface area contributed by atoms with Crippen LogP contribution in [0.2, 0.25) is 0 Å². The molecule has 1 N–H and O–H groups in total. The second-order valence-electron chi connectivity index (χ2n) is 7.06. The van der Waals surface area contributed by atoms with Gasteiger partial charge in [0.1, 0.15) is 0 Å². The van der Waals surface area contributed by atoms with Crippen molar-refractivity contribution in [3.63, 3.8) is 0 Å². The normalized spacial score (nSPS) is 16.1. The van der Waals surface area contributed by atoms with Gasteiger partial charge < -0.3 is 14.6 Å². The van der Waals surface area contributed by atoms with E-state index in [2.05, 4.69) is 4.98 Å². The number of pyridine rings is 1. The summed E-state index contributed by atoms with van der Waals surface area (Å²) in [7, 11) is 0. The Bertz CT molecular complexity index is 883. The molecule has 1 amide bonds. The maximum Gasteiger partial charge on any atom is 0.339 e. The molecule has 1 aromatic carbocycles. The van der Waals surface area contributed by atoms with Gasteiger partial charge in [-0.1, -0.05) is 37.5 Å². The molecule has 0 aliphatic heterocycles. The van der Waals surface area contributed by atoms with Gasteiger partial charge in [-0.05, 0) is 32.8 Å². The van der Waals surface area contributed by atoms with Crippen LogP contribution in [-0.4, -0.2) is 40.5 Å². The number of aromatic nitrogens is 1. The minimum Gasteiger partial charge on any atom is -0.449 e. The summed E-state index contributed by atoms with van der Waals surface area (Å²) in [4.78, 5) is 41.9. The van der Waals surface area contributed by atoms with Gasteiger partial charge in [0.05, 0.1) is 5.56 Å². The summed E-state index contributed by atoms with van der Waals surface area (Å²) < 4.78 is 5.45. The van der Waals surface area contributed by atoms with E-state index in [0.29, 0.717) is 17.4 Å². The highest BCUT2D eigenvalue weighted by Gasteiger charge is 2.30. The highest BCUT2D eigenvalue weighted by Crippen LogP contribution is 2.24. The first-order valence-electron chi connectivity index (χ1n) is 9.64. The molecule has 6 heteroatoms. The zero-order valence-corrected chi connectivity index (χ0v) is 15.9. The fourth-order valence-corrected chi connectivity index (χ4v) is 3.87. The average Bonchev–Trinajstić information content (AvgIpc) is 2.68. The molecule has 1 aromatic heterocycles. The van der Waals surface area contributed by atoms with Crippen LogP contribution in [-0.2, 0) is 9.53 Å². The number of nitrogens with zero attached hydrogens (tertiary/aromatic N) is 1. The van der Waals surface area contributed by atoms with Gasteiger partial charge in [0.15, 0.2) is 6.10 Å². The summed E-state index contributed by atoms with van der Waals surface area (Å²) in [5.74, 6) is -0.829. The number of nitrogens with one attached hydrogen (secondary N) is 1. The van der Waals surface area contributed by atoms with Crippen molar-refractivity contribution in [2.75, 3.05) is 6.54 Å². The van der Waals surface area contributed by atoms with Crippen molar-refractivity contribution < 1.29 is 14.3 Å². The number of hydrogen-bond donors (Lipinski definition) is 1. The molecule has 1 fully saturated rings. The Morgan fingerprint density at radius 3 is 2.63 bits per heavy atom. The van der Waals surface area contributed by atoms with E-state index in [1.807, 2.05) is 11.8 Å². The van der Waals surface area contributed by atoms with Crippen LogP contribution in [0.3, 0.4) is 0 Å². The lowest BCUT2D eigenvalue weighted by atomic mass is 9.94. The number of H-pyrrole nitrogens is 1. The van der Waals surface area contributed by atoms with Gasteiger partial charge in [0, 0.05) is 29.6 Å². The first-order chi connectivity index (χ1) is 13.0. The lowest BCUT2D eigenvalue weighted by Crippen LogP contribution is -2.46. The van der Waals surface area contributed by atoms with E-state index >= 15 is 0 Å². The minimum atomic E-state index is -0.891. The monoisotopic (exact) mass is 370 g/mol. The third-order valence-electron chi connectivity index (χ3n) is 5.24. The maximum atomic E-state index is 12.9. The van der Waals surface area contributed by atoms with E-state index in [4.69, 9.17) is 4.74 Å². The molecule has 1 saturated carbocycles. The minimum absolute atomic E-state index is 0.174. The van der Waals surface area contributed by atoms with Crippen LogP contribution in [0.4, 0.5) is 0 Å². The van der Waals surface area contributed by atoms with Crippen molar-refractivity contribution in [1.29, 1.82) is 0 Å². The van der Waals surface area contributed by atoms with Crippen LogP contribution in [0.15, 0.2) is 35.1 Å². The van der Waals surface area contributed by atoms with Gasteiger partial charge >= 0.3 is 5.97 Å². The number of hydrogen-bond acceptors (Lipinski definition) is 4. The third-order valence-corrected chi connectivity index (χ3v) is 5.24. The Balaban J connectivity index is 1.77. The molecule has 6 nitrogen and oxygen atoms in total.